The molecule has 4 nitrogen and oxygen atoms in total. The normalized spacial score (nSPS) is 11.7. The van der Waals surface area contributed by atoms with Gasteiger partial charge in [-0.15, -0.1) is 11.8 Å². The zero-order valence-corrected chi connectivity index (χ0v) is 17.2. The van der Waals surface area contributed by atoms with E-state index in [1.165, 1.54) is 11.0 Å². The summed E-state index contributed by atoms with van der Waals surface area (Å²) in [6.07, 6.45) is 1.09. The molecule has 0 spiro atoms. The molecule has 150 valence electrons. The predicted octanol–water partition coefficient (Wildman–Crippen LogP) is 4.25. The average Bonchev–Trinajstić information content (AvgIpc) is 2.71. The number of halogens is 1. The molecule has 2 amide bonds. The molecule has 2 aromatic rings. The summed E-state index contributed by atoms with van der Waals surface area (Å²) in [7, 11) is 0. The molecule has 0 heterocycles. The highest BCUT2D eigenvalue weighted by Gasteiger charge is 2.26. The first-order valence-corrected chi connectivity index (χ1v) is 10.5. The highest BCUT2D eigenvalue weighted by molar-refractivity contribution is 7.99. The SMILES string of the molecule is CCCNC(=O)[C@@H](C)N(Cc1ccccc1F)C(=O)CCSc1ccccc1. The molecule has 2 aromatic carbocycles. The summed E-state index contributed by atoms with van der Waals surface area (Å²) >= 11 is 1.59. The van der Waals surface area contributed by atoms with E-state index in [9.17, 15) is 14.0 Å². The lowest BCUT2D eigenvalue weighted by molar-refractivity contribution is -0.140. The number of nitrogens with one attached hydrogen (secondary N) is 1. The molecule has 28 heavy (non-hydrogen) atoms. The van der Waals surface area contributed by atoms with Gasteiger partial charge in [0.25, 0.3) is 0 Å². The molecular formula is C22H27FN2O2S. The molecule has 0 saturated heterocycles. The molecular weight excluding hydrogens is 375 g/mol. The summed E-state index contributed by atoms with van der Waals surface area (Å²) in [5.74, 6) is -0.159. The fourth-order valence-electron chi connectivity index (χ4n) is 2.71. The maximum Gasteiger partial charge on any atom is 0.242 e. The van der Waals surface area contributed by atoms with E-state index in [2.05, 4.69) is 5.32 Å². The molecule has 0 aliphatic rings. The van der Waals surface area contributed by atoms with Gasteiger partial charge in [-0.3, -0.25) is 9.59 Å². The van der Waals surface area contributed by atoms with Crippen molar-refractivity contribution in [1.82, 2.24) is 10.2 Å². The van der Waals surface area contributed by atoms with Gasteiger partial charge in [-0.25, -0.2) is 4.39 Å². The Hall–Kier alpha value is -2.34. The number of carbonyl (C=O) groups excluding carboxylic acids is 2. The summed E-state index contributed by atoms with van der Waals surface area (Å²) in [6, 6.07) is 15.5. The lowest BCUT2D eigenvalue weighted by Crippen LogP contribution is -2.48. The molecule has 1 N–H and O–H groups in total. The monoisotopic (exact) mass is 402 g/mol. The van der Waals surface area contributed by atoms with Crippen molar-refractivity contribution in [3.05, 3.63) is 66.0 Å². The summed E-state index contributed by atoms with van der Waals surface area (Å²) in [4.78, 5) is 27.8. The van der Waals surface area contributed by atoms with Crippen molar-refractivity contribution < 1.29 is 14.0 Å². The Morgan fingerprint density at radius 1 is 1.11 bits per heavy atom. The van der Waals surface area contributed by atoms with Gasteiger partial charge in [-0.1, -0.05) is 43.3 Å². The molecule has 0 aromatic heterocycles. The average molecular weight is 403 g/mol. The minimum atomic E-state index is -0.666. The molecule has 2 rings (SSSR count). The minimum Gasteiger partial charge on any atom is -0.354 e. The van der Waals surface area contributed by atoms with Gasteiger partial charge in [0.15, 0.2) is 0 Å². The number of nitrogens with zero attached hydrogens (tertiary/aromatic N) is 1. The zero-order chi connectivity index (χ0) is 20.4. The predicted molar refractivity (Wildman–Crippen MR) is 111 cm³/mol. The fourth-order valence-corrected chi connectivity index (χ4v) is 3.57. The quantitative estimate of drug-likeness (QED) is 0.605. The molecule has 1 atom stereocenters. The standard InChI is InChI=1S/C22H27FN2O2S/c1-3-14-24-22(27)17(2)25(16-18-9-7-8-12-20(18)23)21(26)13-15-28-19-10-5-4-6-11-19/h4-12,17H,3,13-16H2,1-2H3,(H,24,27)/t17-/m1/s1. The van der Waals surface area contributed by atoms with Crippen LogP contribution in [0.15, 0.2) is 59.5 Å². The van der Waals surface area contributed by atoms with E-state index in [1.54, 1.807) is 36.9 Å². The Balaban J connectivity index is 2.06. The van der Waals surface area contributed by atoms with Gasteiger partial charge in [-0.05, 0) is 31.5 Å². The molecule has 0 radical (unpaired) electrons. The highest BCUT2D eigenvalue weighted by Crippen LogP contribution is 2.20. The second-order valence-corrected chi connectivity index (χ2v) is 7.66. The second kappa shape index (κ2) is 11.5. The maximum atomic E-state index is 14.1. The number of hydrogen-bond acceptors (Lipinski definition) is 3. The van der Waals surface area contributed by atoms with Crippen LogP contribution in [0.1, 0.15) is 32.3 Å². The smallest absolute Gasteiger partial charge is 0.242 e. The first kappa shape index (κ1) is 22.0. The third-order valence-electron chi connectivity index (χ3n) is 4.34. The van der Waals surface area contributed by atoms with E-state index in [0.717, 1.165) is 11.3 Å². The molecule has 0 fully saturated rings. The number of thioether (sulfide) groups is 1. The Labute approximate surface area is 170 Å². The van der Waals surface area contributed by atoms with Crippen molar-refractivity contribution in [2.24, 2.45) is 0 Å². The molecule has 0 aliphatic carbocycles. The Morgan fingerprint density at radius 2 is 1.79 bits per heavy atom. The topological polar surface area (TPSA) is 49.4 Å². The second-order valence-electron chi connectivity index (χ2n) is 6.49. The largest absolute Gasteiger partial charge is 0.354 e. The van der Waals surface area contributed by atoms with Crippen LogP contribution in [0.3, 0.4) is 0 Å². The van der Waals surface area contributed by atoms with Crippen molar-refractivity contribution in [1.29, 1.82) is 0 Å². The molecule has 0 unspecified atom stereocenters. The maximum absolute atomic E-state index is 14.1. The molecule has 0 bridgehead atoms. The van der Waals surface area contributed by atoms with Crippen LogP contribution in [0.5, 0.6) is 0 Å². The van der Waals surface area contributed by atoms with Crippen LogP contribution in [0.2, 0.25) is 0 Å². The van der Waals surface area contributed by atoms with Gasteiger partial charge in [-0.2, -0.15) is 0 Å². The van der Waals surface area contributed by atoms with Crippen LogP contribution in [0.4, 0.5) is 4.39 Å². The first-order valence-electron chi connectivity index (χ1n) is 9.51. The van der Waals surface area contributed by atoms with Gasteiger partial charge in [0.1, 0.15) is 11.9 Å². The summed E-state index contributed by atoms with van der Waals surface area (Å²) in [5.41, 5.74) is 0.404. The number of amides is 2. The minimum absolute atomic E-state index is 0.0716. The van der Waals surface area contributed by atoms with E-state index in [0.29, 0.717) is 17.9 Å². The number of hydrogen-bond donors (Lipinski definition) is 1. The zero-order valence-electron chi connectivity index (χ0n) is 16.4. The van der Waals surface area contributed by atoms with E-state index < -0.39 is 6.04 Å². The molecule has 0 aliphatic heterocycles. The number of carbonyl (C=O) groups is 2. The van der Waals surface area contributed by atoms with E-state index in [4.69, 9.17) is 0 Å². The van der Waals surface area contributed by atoms with Crippen LogP contribution in [0.25, 0.3) is 0 Å². The van der Waals surface area contributed by atoms with Gasteiger partial charge in [0.2, 0.25) is 11.8 Å². The van der Waals surface area contributed by atoms with Crippen molar-refractivity contribution in [2.75, 3.05) is 12.3 Å². The fraction of sp³-hybridized carbons (Fsp3) is 0.364. The number of benzene rings is 2. The third kappa shape index (κ3) is 6.68. The van der Waals surface area contributed by atoms with E-state index in [1.807, 2.05) is 37.3 Å². The van der Waals surface area contributed by atoms with Gasteiger partial charge >= 0.3 is 0 Å². The summed E-state index contributed by atoms with van der Waals surface area (Å²) in [5, 5.41) is 2.82. The lowest BCUT2D eigenvalue weighted by atomic mass is 10.1. The molecule has 0 saturated carbocycles. The van der Waals surface area contributed by atoms with Gasteiger partial charge in [0, 0.05) is 35.7 Å². The van der Waals surface area contributed by atoms with Gasteiger partial charge in [0.05, 0.1) is 0 Å². The summed E-state index contributed by atoms with van der Waals surface area (Å²) < 4.78 is 14.1. The Bertz CT molecular complexity index is 770. The van der Waals surface area contributed by atoms with Crippen molar-refractivity contribution in [3.63, 3.8) is 0 Å². The van der Waals surface area contributed by atoms with E-state index >= 15 is 0 Å². The van der Waals surface area contributed by atoms with Crippen LogP contribution in [0, 0.1) is 5.82 Å². The first-order chi connectivity index (χ1) is 13.5. The summed E-state index contributed by atoms with van der Waals surface area (Å²) in [6.45, 7) is 4.28. The van der Waals surface area contributed by atoms with Crippen molar-refractivity contribution >= 4 is 23.6 Å². The van der Waals surface area contributed by atoms with Crippen LogP contribution >= 0.6 is 11.8 Å². The Morgan fingerprint density at radius 3 is 2.46 bits per heavy atom. The van der Waals surface area contributed by atoms with Crippen LogP contribution in [-0.4, -0.2) is 35.1 Å². The van der Waals surface area contributed by atoms with Gasteiger partial charge < -0.3 is 10.2 Å². The Kier molecular flexibility index (Phi) is 9.01. The lowest BCUT2D eigenvalue weighted by Gasteiger charge is -2.29. The van der Waals surface area contributed by atoms with Crippen LogP contribution in [-0.2, 0) is 16.1 Å². The highest BCUT2D eigenvalue weighted by atomic mass is 32.2. The third-order valence-corrected chi connectivity index (χ3v) is 5.36. The van der Waals surface area contributed by atoms with Crippen molar-refractivity contribution in [2.45, 2.75) is 44.2 Å². The van der Waals surface area contributed by atoms with Crippen LogP contribution < -0.4 is 5.32 Å². The van der Waals surface area contributed by atoms with Crippen molar-refractivity contribution in [3.8, 4) is 0 Å². The molecule has 6 heteroatoms. The van der Waals surface area contributed by atoms with E-state index in [-0.39, 0.29) is 30.6 Å². The number of rotatable bonds is 10.